The van der Waals surface area contributed by atoms with Crippen LogP contribution < -0.4 is 5.32 Å². The second kappa shape index (κ2) is 16.9. The van der Waals surface area contributed by atoms with Gasteiger partial charge in [0.25, 0.3) is 0 Å². The summed E-state index contributed by atoms with van der Waals surface area (Å²) in [6, 6.07) is 26.0. The van der Waals surface area contributed by atoms with Gasteiger partial charge in [-0.3, -0.25) is 19.5 Å². The van der Waals surface area contributed by atoms with Gasteiger partial charge in [0.15, 0.2) is 0 Å². The molecule has 0 bridgehead atoms. The van der Waals surface area contributed by atoms with E-state index in [2.05, 4.69) is 104 Å². The van der Waals surface area contributed by atoms with Crippen molar-refractivity contribution < 1.29 is 19.1 Å². The third-order valence-corrected chi connectivity index (χ3v) is 11.3. The lowest BCUT2D eigenvalue weighted by molar-refractivity contribution is -0.137. The molecule has 0 radical (unpaired) electrons. The van der Waals surface area contributed by atoms with E-state index in [1.165, 1.54) is 12.7 Å². The highest BCUT2D eigenvalue weighted by Crippen LogP contribution is 2.35. The first-order valence-corrected chi connectivity index (χ1v) is 19.6. The maximum atomic E-state index is 14.2. The molecule has 286 valence electrons. The first-order chi connectivity index (χ1) is 26.8. The van der Waals surface area contributed by atoms with Crippen molar-refractivity contribution in [1.82, 2.24) is 30.0 Å². The molecule has 0 spiro atoms. The van der Waals surface area contributed by atoms with Gasteiger partial charge in [0.2, 0.25) is 11.8 Å². The zero-order valence-corrected chi connectivity index (χ0v) is 32.2. The van der Waals surface area contributed by atoms with Crippen LogP contribution in [0.5, 0.6) is 0 Å². The normalized spacial score (nSPS) is 19.3. The number of carbonyl (C=O) groups is 3. The zero-order valence-electron chi connectivity index (χ0n) is 32.2. The Morgan fingerprint density at radius 3 is 2.07 bits per heavy atom. The van der Waals surface area contributed by atoms with Crippen LogP contribution in [0, 0.1) is 0 Å². The number of allylic oxidation sites excluding steroid dienone is 1. The number of aliphatic imine (C=N–C) groups is 1. The second-order valence-electron chi connectivity index (χ2n) is 14.6. The highest BCUT2D eigenvalue weighted by atomic mass is 16.5. The average molecular weight is 742 g/mol. The van der Waals surface area contributed by atoms with Crippen LogP contribution in [0.25, 0.3) is 28.0 Å². The number of H-pyrrole nitrogens is 1. The molecule has 2 N–H and O–H groups in total. The summed E-state index contributed by atoms with van der Waals surface area (Å²) in [7, 11) is 1.28. The Morgan fingerprint density at radius 1 is 0.836 bits per heavy atom. The van der Waals surface area contributed by atoms with Crippen LogP contribution in [0.3, 0.4) is 0 Å². The number of likely N-dealkylation sites (tertiary alicyclic amines) is 2. The van der Waals surface area contributed by atoms with Gasteiger partial charge in [-0.05, 0) is 79.1 Å². The maximum absolute atomic E-state index is 14.2. The summed E-state index contributed by atoms with van der Waals surface area (Å²) in [5, 5.41) is 2.57. The number of hydrogen-bond donors (Lipinski definition) is 2. The molecule has 11 nitrogen and oxygen atoms in total. The summed E-state index contributed by atoms with van der Waals surface area (Å²) in [6.07, 6.45) is 7.50. The molecular weight excluding hydrogens is 691 g/mol. The first-order valence-electron chi connectivity index (χ1n) is 19.6. The number of benzene rings is 3. The van der Waals surface area contributed by atoms with Crippen LogP contribution >= 0.6 is 0 Å². The SMILES string of the molecule is CCN(CC)[C@@H](C(=O)N1CCC[C@H]1C1=NC=C(c2ccc(-c3ccc(-c4cnc([C@@H]5CCCN5C(=O)[C@H](C)NC(=O)OC)[nH]4)cc3)cc2)C1)c1ccccc1. The van der Waals surface area contributed by atoms with E-state index in [-0.39, 0.29) is 29.9 Å². The molecule has 7 rings (SSSR count). The van der Waals surface area contributed by atoms with E-state index in [4.69, 9.17) is 4.99 Å². The molecule has 3 aliphatic rings. The topological polar surface area (TPSA) is 123 Å². The van der Waals surface area contributed by atoms with E-state index in [1.54, 1.807) is 11.8 Å². The molecule has 4 aromatic rings. The zero-order chi connectivity index (χ0) is 38.5. The molecule has 3 aliphatic heterocycles. The van der Waals surface area contributed by atoms with Gasteiger partial charge in [0.1, 0.15) is 17.9 Å². The van der Waals surface area contributed by atoms with Crippen molar-refractivity contribution in [1.29, 1.82) is 0 Å². The van der Waals surface area contributed by atoms with E-state index in [0.717, 1.165) is 96.8 Å². The number of hydrogen-bond acceptors (Lipinski definition) is 7. The van der Waals surface area contributed by atoms with Crippen molar-refractivity contribution in [2.75, 3.05) is 33.3 Å². The maximum Gasteiger partial charge on any atom is 0.407 e. The summed E-state index contributed by atoms with van der Waals surface area (Å²) < 4.78 is 4.66. The third-order valence-electron chi connectivity index (χ3n) is 11.3. The Morgan fingerprint density at radius 2 is 1.44 bits per heavy atom. The summed E-state index contributed by atoms with van der Waals surface area (Å²) in [5.74, 6) is 0.752. The molecule has 55 heavy (non-hydrogen) atoms. The number of alkyl carbamates (subject to hydrolysis) is 1. The number of amides is 3. The van der Waals surface area contributed by atoms with E-state index in [1.807, 2.05) is 30.6 Å². The van der Waals surface area contributed by atoms with Gasteiger partial charge in [-0.25, -0.2) is 9.78 Å². The average Bonchev–Trinajstić information content (AvgIpc) is 4.07. The number of imidazole rings is 1. The molecule has 4 heterocycles. The minimum Gasteiger partial charge on any atom is -0.453 e. The summed E-state index contributed by atoms with van der Waals surface area (Å²) >= 11 is 0. The Hall–Kier alpha value is -5.55. The van der Waals surface area contributed by atoms with Crippen molar-refractivity contribution in [3.05, 3.63) is 108 Å². The second-order valence-corrected chi connectivity index (χ2v) is 14.6. The summed E-state index contributed by atoms with van der Waals surface area (Å²) in [5.41, 5.74) is 8.54. The summed E-state index contributed by atoms with van der Waals surface area (Å²) in [4.78, 5) is 58.1. The van der Waals surface area contributed by atoms with Crippen LogP contribution in [-0.2, 0) is 14.3 Å². The highest BCUT2D eigenvalue weighted by Gasteiger charge is 2.39. The number of rotatable bonds is 12. The lowest BCUT2D eigenvalue weighted by Gasteiger charge is -2.35. The van der Waals surface area contributed by atoms with E-state index >= 15 is 0 Å². The van der Waals surface area contributed by atoms with Crippen molar-refractivity contribution in [2.45, 2.75) is 77.0 Å². The van der Waals surface area contributed by atoms with Crippen LogP contribution in [0.1, 0.15) is 81.9 Å². The molecule has 3 aromatic carbocycles. The van der Waals surface area contributed by atoms with Gasteiger partial charge in [-0.2, -0.15) is 0 Å². The van der Waals surface area contributed by atoms with Crippen molar-refractivity contribution in [2.24, 2.45) is 4.99 Å². The number of carbonyl (C=O) groups excluding carboxylic acids is 3. The van der Waals surface area contributed by atoms with E-state index in [0.29, 0.717) is 6.54 Å². The number of ether oxygens (including phenoxy) is 1. The molecular formula is C44H51N7O4. The standard InChI is InChI=1S/C44H51N7O4/c1-5-49(6-2)40(34-12-8-7-9-13-34)43(53)50-24-10-14-38(50)36-26-35(27-45-36)32-18-16-30(17-19-32)31-20-22-33(23-21-31)37-28-46-41(48-37)39-15-11-25-51(39)42(52)29(3)47-44(54)55-4/h7-9,12-13,16-23,27-29,38-40H,5-6,10-11,14-15,24-26H2,1-4H3,(H,46,48)(H,47,54)/t29-,38-,39-,40+/m0/s1. The number of aromatic nitrogens is 2. The molecule has 0 saturated carbocycles. The van der Waals surface area contributed by atoms with Crippen molar-refractivity contribution in [3.63, 3.8) is 0 Å². The van der Waals surface area contributed by atoms with E-state index in [9.17, 15) is 14.4 Å². The molecule has 0 unspecified atom stereocenters. The van der Waals surface area contributed by atoms with Crippen molar-refractivity contribution in [3.8, 4) is 22.4 Å². The molecule has 1 aromatic heterocycles. The molecule has 2 saturated heterocycles. The Bertz CT molecular complexity index is 2040. The number of aromatic amines is 1. The fraction of sp³-hybridized carbons (Fsp3) is 0.386. The number of methoxy groups -OCH3 is 1. The van der Waals surface area contributed by atoms with Gasteiger partial charge in [-0.1, -0.05) is 92.7 Å². The van der Waals surface area contributed by atoms with Gasteiger partial charge in [0.05, 0.1) is 31.1 Å². The molecule has 3 amide bonds. The van der Waals surface area contributed by atoms with Crippen LogP contribution in [0.2, 0.25) is 0 Å². The first kappa shape index (κ1) is 37.8. The molecule has 4 atom stereocenters. The number of nitrogens with one attached hydrogen (secondary N) is 2. The van der Waals surface area contributed by atoms with Gasteiger partial charge >= 0.3 is 6.09 Å². The van der Waals surface area contributed by atoms with Gasteiger partial charge in [0, 0.05) is 31.4 Å². The molecule has 11 heteroatoms. The van der Waals surface area contributed by atoms with Gasteiger partial charge < -0.3 is 24.8 Å². The van der Waals surface area contributed by atoms with Gasteiger partial charge in [-0.15, -0.1) is 0 Å². The van der Waals surface area contributed by atoms with Crippen LogP contribution in [0.4, 0.5) is 4.79 Å². The fourth-order valence-corrected chi connectivity index (χ4v) is 8.33. The third kappa shape index (κ3) is 7.98. The van der Waals surface area contributed by atoms with E-state index < -0.39 is 12.1 Å². The molecule has 2 fully saturated rings. The van der Waals surface area contributed by atoms with Crippen molar-refractivity contribution >= 4 is 29.2 Å². The Labute approximate surface area is 323 Å². The predicted octanol–water partition coefficient (Wildman–Crippen LogP) is 7.41. The number of likely N-dealkylation sites (N-methyl/N-ethyl adjacent to an activating group) is 1. The smallest absolute Gasteiger partial charge is 0.407 e. The molecule has 0 aliphatic carbocycles. The Balaban J connectivity index is 0.975. The lowest BCUT2D eigenvalue weighted by atomic mass is 9.96. The monoisotopic (exact) mass is 741 g/mol. The predicted molar refractivity (Wildman–Crippen MR) is 215 cm³/mol. The number of nitrogens with zero attached hydrogens (tertiary/aromatic N) is 5. The Kier molecular flexibility index (Phi) is 11.6. The largest absolute Gasteiger partial charge is 0.453 e. The quantitative estimate of drug-likeness (QED) is 0.156. The minimum atomic E-state index is -0.693. The fourth-order valence-electron chi connectivity index (χ4n) is 8.33. The highest BCUT2D eigenvalue weighted by molar-refractivity contribution is 6.03. The van der Waals surface area contributed by atoms with Crippen LogP contribution in [-0.4, -0.2) is 93.7 Å². The summed E-state index contributed by atoms with van der Waals surface area (Å²) in [6.45, 7) is 8.89. The lowest BCUT2D eigenvalue weighted by Crippen LogP contribution is -2.47. The minimum absolute atomic E-state index is 0.0189. The van der Waals surface area contributed by atoms with Crippen LogP contribution in [0.15, 0.2) is 96.3 Å².